The molecule has 0 unspecified atom stereocenters. The molecule has 5 rings (SSSR count). The molecule has 0 bridgehead atoms. The van der Waals surface area contributed by atoms with Crippen LogP contribution in [0.2, 0.25) is 0 Å². The molecule has 0 spiro atoms. The van der Waals surface area contributed by atoms with Crippen LogP contribution in [-0.2, 0) is 25.8 Å². The maximum atomic E-state index is 13.1. The molecule has 6 heteroatoms. The Balaban J connectivity index is 1.45. The van der Waals surface area contributed by atoms with Gasteiger partial charge in [-0.1, -0.05) is 18.2 Å². The molecule has 1 amide bonds. The lowest BCUT2D eigenvalue weighted by Gasteiger charge is -2.13. The van der Waals surface area contributed by atoms with Crippen LogP contribution in [0.1, 0.15) is 39.3 Å². The molecule has 29 heavy (non-hydrogen) atoms. The number of fused-ring (bicyclic) bond motifs is 2. The molecule has 0 aliphatic heterocycles. The molecule has 146 valence electrons. The number of pyridine rings is 1. The first kappa shape index (κ1) is 18.1. The van der Waals surface area contributed by atoms with Gasteiger partial charge in [-0.05, 0) is 55.5 Å². The van der Waals surface area contributed by atoms with E-state index in [2.05, 4.69) is 14.9 Å². The highest BCUT2D eigenvalue weighted by Crippen LogP contribution is 2.31. The Morgan fingerprint density at radius 3 is 2.86 bits per heavy atom. The summed E-state index contributed by atoms with van der Waals surface area (Å²) in [5.74, 6) is 0.543. The van der Waals surface area contributed by atoms with Gasteiger partial charge in [-0.3, -0.25) is 15.1 Å². The molecule has 0 saturated heterocycles. The first-order valence-electron chi connectivity index (χ1n) is 10.1. The third kappa shape index (κ3) is 3.56. The van der Waals surface area contributed by atoms with Gasteiger partial charge in [0.05, 0.1) is 16.6 Å². The van der Waals surface area contributed by atoms with E-state index in [0.29, 0.717) is 12.5 Å². The fourth-order valence-electron chi connectivity index (χ4n) is 4.02. The van der Waals surface area contributed by atoms with E-state index in [0.717, 1.165) is 48.0 Å². The van der Waals surface area contributed by atoms with Gasteiger partial charge >= 0.3 is 0 Å². The summed E-state index contributed by atoms with van der Waals surface area (Å²) in [5.41, 5.74) is 4.97. The second kappa shape index (κ2) is 7.79. The highest BCUT2D eigenvalue weighted by Gasteiger charge is 2.22. The van der Waals surface area contributed by atoms with Crippen molar-refractivity contribution in [2.45, 2.75) is 38.6 Å². The Bertz CT molecular complexity index is 1160. The number of carbonyl (C=O) groups is 1. The molecular weight excluding hydrogens is 380 g/mol. The normalized spacial score (nSPS) is 13.4. The number of nitrogens with one attached hydrogen (secondary N) is 1. The summed E-state index contributed by atoms with van der Waals surface area (Å²) in [6.45, 7) is 0.703. The van der Waals surface area contributed by atoms with Gasteiger partial charge in [0.15, 0.2) is 0 Å². The SMILES string of the molecule is O=C(Nc1nc2ccccc2n1CCc1ccccn1)c1csc2c1CCCC2. The first-order chi connectivity index (χ1) is 14.3. The minimum absolute atomic E-state index is 0.0567. The monoisotopic (exact) mass is 402 g/mol. The summed E-state index contributed by atoms with van der Waals surface area (Å²) in [6.07, 6.45) is 7.06. The van der Waals surface area contributed by atoms with E-state index in [9.17, 15) is 4.79 Å². The first-order valence-corrected chi connectivity index (χ1v) is 10.9. The van der Waals surface area contributed by atoms with E-state index >= 15 is 0 Å². The lowest BCUT2D eigenvalue weighted by atomic mass is 9.96. The average molecular weight is 403 g/mol. The fourth-order valence-corrected chi connectivity index (χ4v) is 5.15. The van der Waals surface area contributed by atoms with Crippen molar-refractivity contribution in [1.82, 2.24) is 14.5 Å². The Labute approximate surface area is 173 Å². The van der Waals surface area contributed by atoms with Gasteiger partial charge in [-0.2, -0.15) is 0 Å². The van der Waals surface area contributed by atoms with Crippen molar-refractivity contribution < 1.29 is 4.79 Å². The molecule has 0 atom stereocenters. The molecule has 1 aliphatic carbocycles. The zero-order valence-corrected chi connectivity index (χ0v) is 16.9. The number of para-hydroxylation sites is 2. The van der Waals surface area contributed by atoms with Gasteiger partial charge in [-0.25, -0.2) is 4.98 Å². The van der Waals surface area contributed by atoms with Gasteiger partial charge in [-0.15, -0.1) is 11.3 Å². The third-order valence-corrected chi connectivity index (χ3v) is 6.59. The summed E-state index contributed by atoms with van der Waals surface area (Å²) in [5, 5.41) is 5.09. The quantitative estimate of drug-likeness (QED) is 0.518. The number of carbonyl (C=O) groups excluding carboxylic acids is 1. The van der Waals surface area contributed by atoms with E-state index in [-0.39, 0.29) is 5.91 Å². The topological polar surface area (TPSA) is 59.8 Å². The smallest absolute Gasteiger partial charge is 0.259 e. The second-order valence-electron chi connectivity index (χ2n) is 7.36. The zero-order chi connectivity index (χ0) is 19.6. The fraction of sp³-hybridized carbons (Fsp3) is 0.261. The number of nitrogens with zero attached hydrogens (tertiary/aromatic N) is 3. The lowest BCUT2D eigenvalue weighted by molar-refractivity contribution is 0.102. The Hall–Kier alpha value is -2.99. The molecule has 0 fully saturated rings. The molecule has 1 N–H and O–H groups in total. The van der Waals surface area contributed by atoms with Crippen LogP contribution in [0.15, 0.2) is 54.0 Å². The molecule has 0 saturated carbocycles. The molecule has 5 nitrogen and oxygen atoms in total. The van der Waals surface area contributed by atoms with Crippen LogP contribution in [0.5, 0.6) is 0 Å². The predicted octanol–water partition coefficient (Wildman–Crippen LogP) is 4.87. The molecule has 0 radical (unpaired) electrons. The van der Waals surface area contributed by atoms with Crippen molar-refractivity contribution in [3.63, 3.8) is 0 Å². The Kier molecular flexibility index (Phi) is 4.86. The third-order valence-electron chi connectivity index (χ3n) is 5.50. The van der Waals surface area contributed by atoms with E-state index in [1.807, 2.05) is 54.0 Å². The van der Waals surface area contributed by atoms with E-state index in [4.69, 9.17) is 4.98 Å². The van der Waals surface area contributed by atoms with Gasteiger partial charge < -0.3 is 4.57 Å². The number of thiophene rings is 1. The molecular formula is C23H22N4OS. The number of rotatable bonds is 5. The number of amides is 1. The van der Waals surface area contributed by atoms with Gasteiger partial charge in [0.2, 0.25) is 5.95 Å². The summed E-state index contributed by atoms with van der Waals surface area (Å²) >= 11 is 1.71. The Morgan fingerprint density at radius 2 is 1.97 bits per heavy atom. The minimum atomic E-state index is -0.0567. The molecule has 3 aromatic heterocycles. The van der Waals surface area contributed by atoms with E-state index in [1.165, 1.54) is 16.9 Å². The standard InChI is InChI=1S/C23H22N4OS/c28-22(18-15-29-21-11-4-1-8-17(18)21)26-23-25-19-9-2-3-10-20(19)27(23)14-12-16-7-5-6-13-24-16/h2-3,5-7,9-10,13,15H,1,4,8,11-12,14H2,(H,25,26,28). The summed E-state index contributed by atoms with van der Waals surface area (Å²) in [4.78, 5) is 23.6. The van der Waals surface area contributed by atoms with Gasteiger partial charge in [0.1, 0.15) is 0 Å². The number of imidazole rings is 1. The van der Waals surface area contributed by atoms with Crippen LogP contribution >= 0.6 is 11.3 Å². The maximum Gasteiger partial charge on any atom is 0.259 e. The van der Waals surface area contributed by atoms with Crippen LogP contribution in [0.3, 0.4) is 0 Å². The van der Waals surface area contributed by atoms with Gasteiger partial charge in [0, 0.05) is 35.1 Å². The largest absolute Gasteiger partial charge is 0.310 e. The molecule has 1 aliphatic rings. The number of aryl methyl sites for hydroxylation is 3. The number of hydrogen-bond donors (Lipinski definition) is 1. The number of aromatic nitrogens is 3. The minimum Gasteiger partial charge on any atom is -0.310 e. The lowest BCUT2D eigenvalue weighted by Crippen LogP contribution is -2.18. The predicted molar refractivity (Wildman–Crippen MR) is 117 cm³/mol. The van der Waals surface area contributed by atoms with Crippen molar-refractivity contribution in [3.05, 3.63) is 75.7 Å². The number of anilines is 1. The average Bonchev–Trinajstić information content (AvgIpc) is 3.34. The van der Waals surface area contributed by atoms with Crippen molar-refractivity contribution in [2.75, 3.05) is 5.32 Å². The maximum absolute atomic E-state index is 13.1. The van der Waals surface area contributed by atoms with Crippen LogP contribution in [0.25, 0.3) is 11.0 Å². The van der Waals surface area contributed by atoms with E-state index in [1.54, 1.807) is 11.3 Å². The Morgan fingerprint density at radius 1 is 1.10 bits per heavy atom. The van der Waals surface area contributed by atoms with Crippen LogP contribution in [-0.4, -0.2) is 20.4 Å². The summed E-state index contributed by atoms with van der Waals surface area (Å²) < 4.78 is 2.08. The number of hydrogen-bond acceptors (Lipinski definition) is 4. The van der Waals surface area contributed by atoms with E-state index < -0.39 is 0 Å². The van der Waals surface area contributed by atoms with Crippen LogP contribution in [0, 0.1) is 0 Å². The molecule has 4 aromatic rings. The highest BCUT2D eigenvalue weighted by atomic mass is 32.1. The second-order valence-corrected chi connectivity index (χ2v) is 8.32. The molecule has 3 heterocycles. The number of benzene rings is 1. The summed E-state index contributed by atoms with van der Waals surface area (Å²) in [6, 6.07) is 13.9. The highest BCUT2D eigenvalue weighted by molar-refractivity contribution is 7.10. The van der Waals surface area contributed by atoms with Crippen molar-refractivity contribution in [1.29, 1.82) is 0 Å². The van der Waals surface area contributed by atoms with Crippen LogP contribution < -0.4 is 5.32 Å². The van der Waals surface area contributed by atoms with Crippen molar-refractivity contribution >= 4 is 34.2 Å². The van der Waals surface area contributed by atoms with Crippen LogP contribution in [0.4, 0.5) is 5.95 Å². The van der Waals surface area contributed by atoms with Gasteiger partial charge in [0.25, 0.3) is 5.91 Å². The molecule has 1 aromatic carbocycles. The zero-order valence-electron chi connectivity index (χ0n) is 16.1. The van der Waals surface area contributed by atoms with Crippen molar-refractivity contribution in [3.8, 4) is 0 Å². The summed E-state index contributed by atoms with van der Waals surface area (Å²) in [7, 11) is 0. The van der Waals surface area contributed by atoms with Crippen molar-refractivity contribution in [2.24, 2.45) is 0 Å².